The van der Waals surface area contributed by atoms with Gasteiger partial charge in [0, 0.05) is 35.0 Å². The number of hydrogen-bond acceptors (Lipinski definition) is 6. The second-order valence-corrected chi connectivity index (χ2v) is 11.7. The summed E-state index contributed by atoms with van der Waals surface area (Å²) in [5.74, 6) is 1.19. The van der Waals surface area contributed by atoms with Crippen molar-refractivity contribution in [1.82, 2.24) is 9.29 Å². The highest BCUT2D eigenvalue weighted by atomic mass is 32.2. The van der Waals surface area contributed by atoms with E-state index in [4.69, 9.17) is 9.47 Å². The van der Waals surface area contributed by atoms with Crippen LogP contribution in [0.2, 0.25) is 0 Å². The van der Waals surface area contributed by atoms with Crippen LogP contribution in [-0.4, -0.2) is 30.9 Å². The average Bonchev–Trinajstić information content (AvgIpc) is 3.30. The number of thiophene rings is 1. The summed E-state index contributed by atoms with van der Waals surface area (Å²) in [6.07, 6.45) is 0. The molecule has 0 bridgehead atoms. The van der Waals surface area contributed by atoms with Crippen molar-refractivity contribution in [2.24, 2.45) is 0 Å². The van der Waals surface area contributed by atoms with E-state index in [2.05, 4.69) is 4.98 Å². The smallest absolute Gasteiger partial charge is 0.252 e. The van der Waals surface area contributed by atoms with Gasteiger partial charge in [-0.05, 0) is 55.5 Å². The lowest BCUT2D eigenvalue weighted by atomic mass is 10.1. The normalized spacial score (nSPS) is 13.5. The molecule has 0 spiro atoms. The van der Waals surface area contributed by atoms with E-state index in [9.17, 15) is 13.2 Å². The summed E-state index contributed by atoms with van der Waals surface area (Å²) < 4.78 is 40.6. The zero-order chi connectivity index (χ0) is 24.7. The molecule has 3 heterocycles. The standard InChI is InChI=1S/C26H26N2O5S2/c1-16-9-17(2)25(18(3)10-16)35(30,31)28(15-21-5-4-8-34-21)14-20-11-19-12-23-24(33-7-6-32-23)13-22(19)27-26(20)29/h4-5,8-13H,6-7,14-15H2,1-3H3,(H,27,29). The molecule has 1 N–H and O–H groups in total. The highest BCUT2D eigenvalue weighted by Crippen LogP contribution is 2.34. The van der Waals surface area contributed by atoms with Gasteiger partial charge >= 0.3 is 0 Å². The van der Waals surface area contributed by atoms with Crippen LogP contribution in [0.5, 0.6) is 11.5 Å². The van der Waals surface area contributed by atoms with Crippen molar-refractivity contribution in [2.45, 2.75) is 38.8 Å². The van der Waals surface area contributed by atoms with Crippen LogP contribution in [0.4, 0.5) is 0 Å². The molecule has 0 radical (unpaired) electrons. The summed E-state index contributed by atoms with van der Waals surface area (Å²) >= 11 is 1.48. The third-order valence-corrected chi connectivity index (χ3v) is 9.00. The summed E-state index contributed by atoms with van der Waals surface area (Å²) in [5.41, 5.74) is 3.02. The number of pyridine rings is 1. The average molecular weight is 511 g/mol. The van der Waals surface area contributed by atoms with Gasteiger partial charge in [-0.2, -0.15) is 4.31 Å². The number of hydrogen-bond donors (Lipinski definition) is 1. The van der Waals surface area contributed by atoms with Crippen molar-refractivity contribution in [3.05, 3.63) is 85.3 Å². The molecule has 9 heteroatoms. The van der Waals surface area contributed by atoms with Crippen LogP contribution < -0.4 is 15.0 Å². The fraction of sp³-hybridized carbons (Fsp3) is 0.269. The van der Waals surface area contributed by atoms with E-state index in [0.29, 0.717) is 46.9 Å². The summed E-state index contributed by atoms with van der Waals surface area (Å²) in [7, 11) is -3.90. The van der Waals surface area contributed by atoms with E-state index in [0.717, 1.165) is 15.8 Å². The first-order chi connectivity index (χ1) is 16.7. The molecule has 2 aromatic heterocycles. The van der Waals surface area contributed by atoms with Crippen molar-refractivity contribution in [1.29, 1.82) is 0 Å². The molecular formula is C26H26N2O5S2. The van der Waals surface area contributed by atoms with E-state index in [1.54, 1.807) is 12.1 Å². The maximum absolute atomic E-state index is 14.0. The Bertz CT molecular complexity index is 1550. The van der Waals surface area contributed by atoms with Crippen LogP contribution in [0.15, 0.2) is 57.5 Å². The first kappa shape index (κ1) is 23.6. The summed E-state index contributed by atoms with van der Waals surface area (Å²) in [6, 6.07) is 12.8. The van der Waals surface area contributed by atoms with Crippen molar-refractivity contribution in [3.8, 4) is 11.5 Å². The largest absolute Gasteiger partial charge is 0.486 e. The van der Waals surface area contributed by atoms with Gasteiger partial charge in [-0.15, -0.1) is 11.3 Å². The second-order valence-electron chi connectivity index (χ2n) is 8.79. The maximum Gasteiger partial charge on any atom is 0.252 e. The summed E-state index contributed by atoms with van der Waals surface area (Å²) in [6.45, 7) is 6.58. The molecule has 0 unspecified atom stereocenters. The number of ether oxygens (including phenoxy) is 2. The molecule has 182 valence electrons. The van der Waals surface area contributed by atoms with Gasteiger partial charge in [-0.25, -0.2) is 8.42 Å². The van der Waals surface area contributed by atoms with Crippen molar-refractivity contribution in [3.63, 3.8) is 0 Å². The van der Waals surface area contributed by atoms with Gasteiger partial charge < -0.3 is 14.5 Å². The van der Waals surface area contributed by atoms with Gasteiger partial charge in [0.05, 0.1) is 10.4 Å². The van der Waals surface area contributed by atoms with E-state index in [1.165, 1.54) is 15.6 Å². The Morgan fingerprint density at radius 1 is 0.971 bits per heavy atom. The van der Waals surface area contributed by atoms with Gasteiger partial charge in [0.25, 0.3) is 5.56 Å². The van der Waals surface area contributed by atoms with Crippen LogP contribution in [-0.2, 0) is 23.1 Å². The van der Waals surface area contributed by atoms with Crippen LogP contribution in [0.3, 0.4) is 0 Å². The molecule has 0 saturated carbocycles. The number of aromatic nitrogens is 1. The molecule has 1 aliphatic heterocycles. The van der Waals surface area contributed by atoms with E-state index < -0.39 is 10.0 Å². The van der Waals surface area contributed by atoms with Crippen molar-refractivity contribution < 1.29 is 17.9 Å². The highest BCUT2D eigenvalue weighted by Gasteiger charge is 2.29. The van der Waals surface area contributed by atoms with Gasteiger partial charge in [0.1, 0.15) is 13.2 Å². The fourth-order valence-corrected chi connectivity index (χ4v) is 7.21. The number of nitrogens with one attached hydrogen (secondary N) is 1. The van der Waals surface area contributed by atoms with Crippen molar-refractivity contribution in [2.75, 3.05) is 13.2 Å². The fourth-order valence-electron chi connectivity index (χ4n) is 4.60. The van der Waals surface area contributed by atoms with E-state index in [1.807, 2.05) is 56.5 Å². The summed E-state index contributed by atoms with van der Waals surface area (Å²) in [4.78, 5) is 17.1. The van der Waals surface area contributed by atoms with Crippen LogP contribution >= 0.6 is 11.3 Å². The first-order valence-electron chi connectivity index (χ1n) is 11.3. The van der Waals surface area contributed by atoms with E-state index >= 15 is 0 Å². The van der Waals surface area contributed by atoms with E-state index in [-0.39, 0.29) is 23.5 Å². The molecule has 0 aliphatic carbocycles. The SMILES string of the molecule is Cc1cc(C)c(S(=O)(=O)N(Cc2cccs2)Cc2cc3cc4c(cc3[nH]c2=O)OCCO4)c(C)c1. The number of aromatic amines is 1. The quantitative estimate of drug-likeness (QED) is 0.407. The Labute approximate surface area is 208 Å². The molecule has 4 aromatic rings. The number of H-pyrrole nitrogens is 1. The molecule has 5 rings (SSSR count). The third kappa shape index (κ3) is 4.59. The molecule has 0 fully saturated rings. The predicted octanol–water partition coefficient (Wildman–Crippen LogP) is 4.68. The third-order valence-electron chi connectivity index (χ3n) is 6.05. The lowest BCUT2D eigenvalue weighted by Gasteiger charge is -2.24. The molecule has 1 aliphatic rings. The Morgan fingerprint density at radius 3 is 2.31 bits per heavy atom. The molecule has 0 atom stereocenters. The zero-order valence-electron chi connectivity index (χ0n) is 19.8. The minimum absolute atomic E-state index is 0.0628. The number of nitrogens with zero attached hydrogens (tertiary/aromatic N) is 1. The van der Waals surface area contributed by atoms with Gasteiger partial charge in [0.15, 0.2) is 11.5 Å². The van der Waals surface area contributed by atoms with Gasteiger partial charge in [-0.1, -0.05) is 23.8 Å². The number of benzene rings is 2. The molecular weight excluding hydrogens is 484 g/mol. The van der Waals surface area contributed by atoms with Crippen LogP contribution in [0.25, 0.3) is 10.9 Å². The second kappa shape index (κ2) is 9.14. The molecule has 0 amide bonds. The maximum atomic E-state index is 14.0. The number of fused-ring (bicyclic) bond motifs is 2. The summed E-state index contributed by atoms with van der Waals surface area (Å²) in [5, 5.41) is 2.66. The first-order valence-corrected chi connectivity index (χ1v) is 13.6. The highest BCUT2D eigenvalue weighted by molar-refractivity contribution is 7.89. The number of rotatable bonds is 6. The lowest BCUT2D eigenvalue weighted by molar-refractivity contribution is 0.172. The molecule has 7 nitrogen and oxygen atoms in total. The van der Waals surface area contributed by atoms with Gasteiger partial charge in [-0.3, -0.25) is 4.79 Å². The number of aryl methyl sites for hydroxylation is 3. The van der Waals surface area contributed by atoms with Crippen LogP contribution in [0.1, 0.15) is 27.1 Å². The Balaban J connectivity index is 1.59. The van der Waals surface area contributed by atoms with Crippen molar-refractivity contribution >= 4 is 32.3 Å². The molecule has 35 heavy (non-hydrogen) atoms. The zero-order valence-corrected chi connectivity index (χ0v) is 21.4. The predicted molar refractivity (Wildman–Crippen MR) is 137 cm³/mol. The Morgan fingerprint density at radius 2 is 1.66 bits per heavy atom. The van der Waals surface area contributed by atoms with Gasteiger partial charge in [0.2, 0.25) is 10.0 Å². The molecule has 2 aromatic carbocycles. The lowest BCUT2D eigenvalue weighted by Crippen LogP contribution is -2.33. The van der Waals surface area contributed by atoms with Crippen LogP contribution in [0, 0.1) is 20.8 Å². The molecule has 0 saturated heterocycles. The monoisotopic (exact) mass is 510 g/mol. The Kier molecular flexibility index (Phi) is 6.16. The minimum atomic E-state index is -3.90. The Hall–Kier alpha value is -3.14. The minimum Gasteiger partial charge on any atom is -0.486 e. The topological polar surface area (TPSA) is 88.7 Å². The number of sulfonamides is 1.